The van der Waals surface area contributed by atoms with Crippen LogP contribution in [0.1, 0.15) is 27.4 Å². The number of anilines is 1. The zero-order valence-corrected chi connectivity index (χ0v) is 19.8. The van der Waals surface area contributed by atoms with Crippen molar-refractivity contribution < 1.29 is 4.79 Å². The topological polar surface area (TPSA) is 82.6 Å². The highest BCUT2D eigenvalue weighted by Gasteiger charge is 2.15. The highest BCUT2D eigenvalue weighted by Crippen LogP contribution is 2.25. The summed E-state index contributed by atoms with van der Waals surface area (Å²) in [6, 6.07) is 9.04. The molecule has 0 saturated heterocycles. The highest BCUT2D eigenvalue weighted by atomic mass is 79.9. The van der Waals surface area contributed by atoms with E-state index in [1.165, 1.54) is 0 Å². The maximum atomic E-state index is 12.6. The first-order valence-corrected chi connectivity index (χ1v) is 10.9. The molecule has 0 aliphatic heterocycles. The molecule has 1 amide bonds. The van der Waals surface area contributed by atoms with E-state index in [1.807, 2.05) is 30.7 Å². The van der Waals surface area contributed by atoms with Gasteiger partial charge in [0.2, 0.25) is 0 Å². The fourth-order valence-corrected chi connectivity index (χ4v) is 3.81. The van der Waals surface area contributed by atoms with E-state index in [0.717, 1.165) is 17.0 Å². The van der Waals surface area contributed by atoms with Gasteiger partial charge in [0.15, 0.2) is 11.5 Å². The van der Waals surface area contributed by atoms with Gasteiger partial charge in [0.1, 0.15) is 6.67 Å². The number of hydrogen-bond donors (Lipinski definition) is 1. The summed E-state index contributed by atoms with van der Waals surface area (Å²) in [6.07, 6.45) is 3.52. The van der Waals surface area contributed by atoms with Crippen LogP contribution in [0.5, 0.6) is 0 Å². The van der Waals surface area contributed by atoms with Crippen molar-refractivity contribution in [1.29, 1.82) is 0 Å². The van der Waals surface area contributed by atoms with Crippen LogP contribution < -0.4 is 5.32 Å². The van der Waals surface area contributed by atoms with Gasteiger partial charge < -0.3 is 5.32 Å². The molecule has 1 N–H and O–H groups in total. The molecule has 0 saturated carbocycles. The molecule has 0 unspecified atom stereocenters. The number of carbonyl (C=O) groups is 1. The zero-order chi connectivity index (χ0) is 22.1. The SMILES string of the molecule is Cc1cc(C)n(Cn2ccc(C(=O)Nc3nn(Cc4ccc(Cl)c(Cl)c4)cc3Br)n2)n1. The smallest absolute Gasteiger partial charge is 0.277 e. The molecular weight excluding hydrogens is 505 g/mol. The Labute approximate surface area is 196 Å². The Bertz CT molecular complexity index is 1260. The molecule has 3 aromatic heterocycles. The molecule has 160 valence electrons. The highest BCUT2D eigenvalue weighted by molar-refractivity contribution is 9.10. The molecular formula is C20H18BrCl2N7O. The van der Waals surface area contributed by atoms with Crippen molar-refractivity contribution in [2.75, 3.05) is 5.32 Å². The molecule has 3 heterocycles. The van der Waals surface area contributed by atoms with Gasteiger partial charge in [0.05, 0.1) is 26.8 Å². The Balaban J connectivity index is 1.43. The maximum absolute atomic E-state index is 12.6. The van der Waals surface area contributed by atoms with E-state index in [1.54, 1.807) is 40.0 Å². The Morgan fingerprint density at radius 2 is 1.87 bits per heavy atom. The third kappa shape index (κ3) is 5.00. The van der Waals surface area contributed by atoms with Gasteiger partial charge in [-0.05, 0) is 59.6 Å². The predicted molar refractivity (Wildman–Crippen MR) is 123 cm³/mol. The lowest BCUT2D eigenvalue weighted by atomic mass is 10.2. The van der Waals surface area contributed by atoms with Gasteiger partial charge in [-0.15, -0.1) is 0 Å². The van der Waals surface area contributed by atoms with Gasteiger partial charge >= 0.3 is 0 Å². The predicted octanol–water partition coefficient (Wildman–Crippen LogP) is 4.77. The molecule has 0 aliphatic rings. The van der Waals surface area contributed by atoms with Crippen molar-refractivity contribution >= 4 is 50.9 Å². The summed E-state index contributed by atoms with van der Waals surface area (Å²) in [5.74, 6) is 0.0470. The molecule has 1 aromatic carbocycles. The number of nitrogens with zero attached hydrogens (tertiary/aromatic N) is 6. The van der Waals surface area contributed by atoms with Crippen LogP contribution in [0, 0.1) is 13.8 Å². The number of amides is 1. The minimum absolute atomic E-state index is 0.285. The van der Waals surface area contributed by atoms with E-state index in [2.05, 4.69) is 36.5 Å². The van der Waals surface area contributed by atoms with Crippen LogP contribution in [0.2, 0.25) is 10.0 Å². The molecule has 31 heavy (non-hydrogen) atoms. The Kier molecular flexibility index (Phi) is 6.17. The number of benzene rings is 1. The lowest BCUT2D eigenvalue weighted by molar-refractivity contribution is 0.102. The molecule has 4 rings (SSSR count). The number of rotatable bonds is 6. The van der Waals surface area contributed by atoms with Crippen LogP contribution >= 0.6 is 39.1 Å². The van der Waals surface area contributed by atoms with Gasteiger partial charge in [-0.2, -0.15) is 15.3 Å². The molecule has 0 aliphatic carbocycles. The summed E-state index contributed by atoms with van der Waals surface area (Å²) in [7, 11) is 0. The van der Waals surface area contributed by atoms with Crippen molar-refractivity contribution in [3.8, 4) is 0 Å². The van der Waals surface area contributed by atoms with Crippen molar-refractivity contribution in [3.63, 3.8) is 0 Å². The lowest BCUT2D eigenvalue weighted by Crippen LogP contribution is -2.16. The summed E-state index contributed by atoms with van der Waals surface area (Å²) in [5, 5.41) is 16.9. The van der Waals surface area contributed by atoms with Gasteiger partial charge in [-0.25, -0.2) is 4.68 Å². The number of hydrogen-bond acceptors (Lipinski definition) is 4. The van der Waals surface area contributed by atoms with Crippen LogP contribution in [0.15, 0.2) is 47.2 Å². The fourth-order valence-electron chi connectivity index (χ4n) is 3.08. The molecule has 0 atom stereocenters. The molecule has 11 heteroatoms. The summed E-state index contributed by atoms with van der Waals surface area (Å²) in [5.41, 5.74) is 3.18. The van der Waals surface area contributed by atoms with E-state index < -0.39 is 0 Å². The first-order chi connectivity index (χ1) is 14.8. The van der Waals surface area contributed by atoms with Gasteiger partial charge in [-0.1, -0.05) is 29.3 Å². The van der Waals surface area contributed by atoms with E-state index in [-0.39, 0.29) is 11.6 Å². The average molecular weight is 523 g/mol. The van der Waals surface area contributed by atoms with E-state index in [4.69, 9.17) is 23.2 Å². The van der Waals surface area contributed by atoms with Crippen molar-refractivity contribution in [1.82, 2.24) is 29.3 Å². The second kappa shape index (κ2) is 8.86. The minimum atomic E-state index is -0.354. The molecule has 0 bridgehead atoms. The molecule has 0 radical (unpaired) electrons. The van der Waals surface area contributed by atoms with E-state index in [0.29, 0.717) is 33.5 Å². The number of aromatic nitrogens is 6. The van der Waals surface area contributed by atoms with Crippen LogP contribution in [0.3, 0.4) is 0 Å². The molecule has 0 spiro atoms. The first-order valence-electron chi connectivity index (χ1n) is 9.31. The normalized spacial score (nSPS) is 11.1. The molecule has 0 fully saturated rings. The third-order valence-corrected chi connectivity index (χ3v) is 5.85. The largest absolute Gasteiger partial charge is 0.303 e. The van der Waals surface area contributed by atoms with Crippen molar-refractivity contribution in [2.45, 2.75) is 27.1 Å². The summed E-state index contributed by atoms with van der Waals surface area (Å²) < 4.78 is 5.83. The van der Waals surface area contributed by atoms with Crippen LogP contribution in [-0.4, -0.2) is 35.2 Å². The Hall–Kier alpha value is -2.62. The van der Waals surface area contributed by atoms with Crippen LogP contribution in [-0.2, 0) is 13.2 Å². The van der Waals surface area contributed by atoms with E-state index >= 15 is 0 Å². The fraction of sp³-hybridized carbons (Fsp3) is 0.200. The second-order valence-electron chi connectivity index (χ2n) is 7.03. The minimum Gasteiger partial charge on any atom is -0.303 e. The summed E-state index contributed by atoms with van der Waals surface area (Å²) in [4.78, 5) is 12.6. The standard InChI is InChI=1S/C20H18BrCl2N7O/c1-12-7-13(2)30(25-12)11-28-6-5-18(26-28)20(31)24-19-15(21)10-29(27-19)9-14-3-4-16(22)17(23)8-14/h3-8,10H,9,11H2,1-2H3,(H,24,27,31). The first kappa shape index (κ1) is 21.6. The number of halogens is 3. The number of aryl methyl sites for hydroxylation is 2. The van der Waals surface area contributed by atoms with Gasteiger partial charge in [-0.3, -0.25) is 14.2 Å². The third-order valence-electron chi connectivity index (χ3n) is 4.53. The Morgan fingerprint density at radius 3 is 2.58 bits per heavy atom. The second-order valence-corrected chi connectivity index (χ2v) is 8.70. The number of nitrogens with one attached hydrogen (secondary N) is 1. The molecule has 4 aromatic rings. The monoisotopic (exact) mass is 521 g/mol. The molecule has 8 nitrogen and oxygen atoms in total. The maximum Gasteiger partial charge on any atom is 0.277 e. The van der Waals surface area contributed by atoms with Gasteiger partial charge in [0.25, 0.3) is 5.91 Å². The van der Waals surface area contributed by atoms with Crippen LogP contribution in [0.4, 0.5) is 5.82 Å². The summed E-state index contributed by atoms with van der Waals surface area (Å²) in [6.45, 7) is 4.81. The van der Waals surface area contributed by atoms with Crippen molar-refractivity contribution in [3.05, 3.63) is 79.9 Å². The Morgan fingerprint density at radius 1 is 1.06 bits per heavy atom. The average Bonchev–Trinajstić information content (AvgIpc) is 3.39. The van der Waals surface area contributed by atoms with Crippen molar-refractivity contribution in [2.24, 2.45) is 0 Å². The quantitative estimate of drug-likeness (QED) is 0.395. The van der Waals surface area contributed by atoms with Gasteiger partial charge in [0, 0.05) is 18.1 Å². The summed E-state index contributed by atoms with van der Waals surface area (Å²) >= 11 is 15.5. The van der Waals surface area contributed by atoms with E-state index in [9.17, 15) is 4.79 Å². The zero-order valence-electron chi connectivity index (χ0n) is 16.7. The van der Waals surface area contributed by atoms with Crippen LogP contribution in [0.25, 0.3) is 0 Å². The number of carbonyl (C=O) groups excluding carboxylic acids is 1. The lowest BCUT2D eigenvalue weighted by Gasteiger charge is -2.05.